The predicted octanol–water partition coefficient (Wildman–Crippen LogP) is 8.74. The maximum atomic E-state index is 13.6. The molecule has 166 valence electrons. The van der Waals surface area contributed by atoms with E-state index in [1.807, 2.05) is 40.7 Å². The van der Waals surface area contributed by atoms with Crippen molar-refractivity contribution in [1.29, 1.82) is 0 Å². The van der Waals surface area contributed by atoms with E-state index >= 15 is 0 Å². The van der Waals surface area contributed by atoms with E-state index in [0.29, 0.717) is 11.8 Å². The van der Waals surface area contributed by atoms with Gasteiger partial charge in [0.25, 0.3) is 0 Å². The molecule has 2 aromatic rings. The summed E-state index contributed by atoms with van der Waals surface area (Å²) in [6, 6.07) is 4.99. The van der Waals surface area contributed by atoms with Crippen LogP contribution in [0.15, 0.2) is 18.2 Å². The molecule has 0 atom stereocenters. The highest BCUT2D eigenvalue weighted by molar-refractivity contribution is 5.45. The molecule has 0 fully saturated rings. The van der Waals surface area contributed by atoms with Crippen LogP contribution in [-0.2, 0) is 6.42 Å². The maximum absolute atomic E-state index is 13.6. The van der Waals surface area contributed by atoms with Crippen LogP contribution in [0, 0.1) is 12.7 Å². The fourth-order valence-electron chi connectivity index (χ4n) is 3.93. The van der Waals surface area contributed by atoms with E-state index in [4.69, 9.17) is 5.10 Å². The largest absolute Gasteiger partial charge is 0.237 e. The molecule has 0 bridgehead atoms. The van der Waals surface area contributed by atoms with Gasteiger partial charge in [0.2, 0.25) is 0 Å². The molecular weight excluding hydrogens is 359 g/mol. The number of halogens is 1. The molecule has 2 nitrogen and oxygen atoms in total. The average Bonchev–Trinajstić information content (AvgIpc) is 3.10. The summed E-state index contributed by atoms with van der Waals surface area (Å²) >= 11 is 0. The van der Waals surface area contributed by atoms with Crippen molar-refractivity contribution < 1.29 is 4.39 Å². The van der Waals surface area contributed by atoms with E-state index in [-0.39, 0.29) is 5.82 Å². The topological polar surface area (TPSA) is 17.8 Å². The molecule has 29 heavy (non-hydrogen) atoms. The van der Waals surface area contributed by atoms with Gasteiger partial charge in [-0.05, 0) is 61.4 Å². The third-order valence-corrected chi connectivity index (χ3v) is 5.01. The van der Waals surface area contributed by atoms with Gasteiger partial charge in [0, 0.05) is 11.6 Å². The summed E-state index contributed by atoms with van der Waals surface area (Å²) in [5.41, 5.74) is 5.87. The molecule has 1 aromatic carbocycles. The summed E-state index contributed by atoms with van der Waals surface area (Å²) in [7, 11) is 0. The van der Waals surface area contributed by atoms with Crippen LogP contribution in [0.2, 0.25) is 0 Å². The molecule has 3 heteroatoms. The Labute approximate surface area is 179 Å². The van der Waals surface area contributed by atoms with Gasteiger partial charge in [-0.15, -0.1) is 0 Å². The molecule has 0 saturated heterocycles. The molecule has 0 unspecified atom stereocenters. The number of rotatable bonds is 8. The van der Waals surface area contributed by atoms with Crippen molar-refractivity contribution >= 4 is 0 Å². The third kappa shape index (κ3) is 6.97. The van der Waals surface area contributed by atoms with E-state index in [1.54, 1.807) is 6.07 Å². The van der Waals surface area contributed by atoms with E-state index in [1.165, 1.54) is 48.7 Å². The van der Waals surface area contributed by atoms with Crippen LogP contribution in [0.4, 0.5) is 4.39 Å². The summed E-state index contributed by atoms with van der Waals surface area (Å²) in [5, 5.41) is 5.09. The van der Waals surface area contributed by atoms with E-state index in [0.717, 1.165) is 17.7 Å². The highest BCUT2D eigenvalue weighted by Gasteiger charge is 2.25. The minimum Gasteiger partial charge on any atom is -0.237 e. The van der Waals surface area contributed by atoms with Gasteiger partial charge in [0.15, 0.2) is 0 Å². The minimum absolute atomic E-state index is 0.189. The Kier molecular flexibility index (Phi) is 13.5. The summed E-state index contributed by atoms with van der Waals surface area (Å²) in [5.74, 6) is 0.765. The normalized spacial score (nSPS) is 10.5. The van der Waals surface area contributed by atoms with Crippen molar-refractivity contribution in [3.63, 3.8) is 0 Å². The Balaban J connectivity index is 0.00000184. The first-order valence-electron chi connectivity index (χ1n) is 11.8. The quantitative estimate of drug-likeness (QED) is 0.430. The third-order valence-electron chi connectivity index (χ3n) is 5.01. The highest BCUT2D eigenvalue weighted by atomic mass is 19.1. The van der Waals surface area contributed by atoms with Crippen molar-refractivity contribution in [3.05, 3.63) is 46.5 Å². The lowest BCUT2D eigenvalue weighted by Gasteiger charge is -2.17. The van der Waals surface area contributed by atoms with E-state index in [9.17, 15) is 4.39 Å². The van der Waals surface area contributed by atoms with Crippen molar-refractivity contribution in [2.45, 2.75) is 113 Å². The lowest BCUT2D eigenvalue weighted by atomic mass is 9.87. The first kappa shape index (κ1) is 27.4. The van der Waals surface area contributed by atoms with Crippen LogP contribution in [-0.4, -0.2) is 9.78 Å². The van der Waals surface area contributed by atoms with Crippen molar-refractivity contribution in [1.82, 2.24) is 9.78 Å². The summed E-state index contributed by atoms with van der Waals surface area (Å²) < 4.78 is 15.6. The Morgan fingerprint density at radius 2 is 1.52 bits per heavy atom. The second-order valence-electron chi connectivity index (χ2n) is 7.37. The van der Waals surface area contributed by atoms with Gasteiger partial charge >= 0.3 is 0 Å². The van der Waals surface area contributed by atoms with Gasteiger partial charge in [0.1, 0.15) is 5.82 Å². The Bertz CT molecular complexity index is 695. The SMILES string of the molecule is CC.CC.CCCC(CCC)c1nn(-c2ccc(F)cc2C)c(CC)c1C(C)C. The number of hydrogen-bond donors (Lipinski definition) is 0. The molecule has 0 radical (unpaired) electrons. The molecule has 1 aromatic heterocycles. The number of aromatic nitrogens is 2. The Hall–Kier alpha value is -1.64. The molecule has 0 saturated carbocycles. The van der Waals surface area contributed by atoms with Crippen molar-refractivity contribution in [2.75, 3.05) is 0 Å². The molecular formula is C26H45FN2. The van der Waals surface area contributed by atoms with Crippen LogP contribution >= 0.6 is 0 Å². The lowest BCUT2D eigenvalue weighted by Crippen LogP contribution is -2.05. The maximum Gasteiger partial charge on any atom is 0.123 e. The monoisotopic (exact) mass is 404 g/mol. The lowest BCUT2D eigenvalue weighted by molar-refractivity contribution is 0.537. The zero-order valence-corrected chi connectivity index (χ0v) is 20.7. The molecule has 0 aliphatic rings. The zero-order valence-electron chi connectivity index (χ0n) is 20.7. The van der Waals surface area contributed by atoms with Gasteiger partial charge in [-0.3, -0.25) is 0 Å². The molecule has 0 amide bonds. The average molecular weight is 405 g/mol. The van der Waals surface area contributed by atoms with E-state index < -0.39 is 0 Å². The van der Waals surface area contributed by atoms with E-state index in [2.05, 4.69) is 39.3 Å². The molecule has 0 N–H and O–H groups in total. The summed E-state index contributed by atoms with van der Waals surface area (Å²) in [6.07, 6.45) is 5.63. The van der Waals surface area contributed by atoms with Gasteiger partial charge in [-0.1, -0.05) is 75.2 Å². The first-order chi connectivity index (χ1) is 13.9. The fraction of sp³-hybridized carbons (Fsp3) is 0.654. The van der Waals surface area contributed by atoms with Gasteiger partial charge < -0.3 is 0 Å². The minimum atomic E-state index is -0.189. The van der Waals surface area contributed by atoms with Crippen LogP contribution < -0.4 is 0 Å². The Morgan fingerprint density at radius 3 is 1.93 bits per heavy atom. The number of aryl methyl sites for hydroxylation is 1. The van der Waals surface area contributed by atoms with Crippen molar-refractivity contribution in [3.8, 4) is 5.69 Å². The smallest absolute Gasteiger partial charge is 0.123 e. The second-order valence-corrected chi connectivity index (χ2v) is 7.37. The molecule has 0 aliphatic carbocycles. The van der Waals surface area contributed by atoms with Crippen LogP contribution in [0.25, 0.3) is 5.69 Å². The highest BCUT2D eigenvalue weighted by Crippen LogP contribution is 2.35. The van der Waals surface area contributed by atoms with Gasteiger partial charge in [0.05, 0.1) is 11.4 Å². The summed E-state index contributed by atoms with van der Waals surface area (Å²) in [4.78, 5) is 0. The fourth-order valence-corrected chi connectivity index (χ4v) is 3.93. The number of benzene rings is 1. The van der Waals surface area contributed by atoms with Gasteiger partial charge in [-0.25, -0.2) is 9.07 Å². The number of nitrogens with zero attached hydrogens (tertiary/aromatic N) is 2. The standard InChI is InChI=1S/C22H33FN2.2C2H6/c1-7-10-17(11-8-2)22-21(15(4)5)19(9-3)25(24-22)20-13-12-18(23)14-16(20)6;2*1-2/h12-15,17H,7-11H2,1-6H3;2*1-2H3. The van der Waals surface area contributed by atoms with Gasteiger partial charge in [-0.2, -0.15) is 5.10 Å². The molecule has 2 rings (SSSR count). The first-order valence-corrected chi connectivity index (χ1v) is 11.8. The van der Waals surface area contributed by atoms with Crippen LogP contribution in [0.3, 0.4) is 0 Å². The zero-order chi connectivity index (χ0) is 22.6. The molecule has 0 aliphatic heterocycles. The molecule has 1 heterocycles. The number of hydrogen-bond acceptors (Lipinski definition) is 1. The Morgan fingerprint density at radius 1 is 0.966 bits per heavy atom. The second kappa shape index (κ2) is 14.4. The van der Waals surface area contributed by atoms with Crippen LogP contribution in [0.1, 0.15) is 122 Å². The van der Waals surface area contributed by atoms with Crippen molar-refractivity contribution in [2.24, 2.45) is 0 Å². The molecule has 0 spiro atoms. The summed E-state index contributed by atoms with van der Waals surface area (Å²) in [6.45, 7) is 21.2. The van der Waals surface area contributed by atoms with Crippen LogP contribution in [0.5, 0.6) is 0 Å². The predicted molar refractivity (Wildman–Crippen MR) is 127 cm³/mol.